The van der Waals surface area contributed by atoms with Crippen LogP contribution in [0.5, 0.6) is 0 Å². The second kappa shape index (κ2) is 9.98. The van der Waals surface area contributed by atoms with Gasteiger partial charge in [0.2, 0.25) is 0 Å². The smallest absolute Gasteiger partial charge is 0.0384 e. The van der Waals surface area contributed by atoms with Gasteiger partial charge in [-0.05, 0) is 67.3 Å². The molecule has 0 fully saturated rings. The first-order valence-corrected chi connectivity index (χ1v) is 11.0. The lowest BCUT2D eigenvalue weighted by Crippen LogP contribution is -1.90. The van der Waals surface area contributed by atoms with Crippen molar-refractivity contribution in [1.29, 1.82) is 0 Å². The SMILES string of the molecule is Cc1ccc(Nc2ccc(C=CC=C(c3cccc(C)c3)c3cccc(C)c3)cc2)cc1. The molecule has 32 heavy (non-hydrogen) atoms. The predicted octanol–water partition coefficient (Wildman–Crippen LogP) is 8.50. The van der Waals surface area contributed by atoms with Crippen molar-refractivity contribution in [3.05, 3.63) is 143 Å². The zero-order chi connectivity index (χ0) is 22.3. The molecule has 1 N–H and O–H groups in total. The van der Waals surface area contributed by atoms with Crippen LogP contribution in [0.25, 0.3) is 11.6 Å². The summed E-state index contributed by atoms with van der Waals surface area (Å²) in [6, 6.07) is 34.3. The maximum Gasteiger partial charge on any atom is 0.0384 e. The van der Waals surface area contributed by atoms with Crippen molar-refractivity contribution >= 4 is 23.0 Å². The van der Waals surface area contributed by atoms with Gasteiger partial charge in [-0.25, -0.2) is 0 Å². The third kappa shape index (κ3) is 5.65. The quantitative estimate of drug-likeness (QED) is 0.311. The molecule has 1 heteroatoms. The van der Waals surface area contributed by atoms with Crippen molar-refractivity contribution < 1.29 is 0 Å². The highest BCUT2D eigenvalue weighted by atomic mass is 14.9. The van der Waals surface area contributed by atoms with E-state index in [0.29, 0.717) is 0 Å². The fraction of sp³-hybridized carbons (Fsp3) is 0.0968. The van der Waals surface area contributed by atoms with E-state index in [4.69, 9.17) is 0 Å². The molecule has 0 atom stereocenters. The van der Waals surface area contributed by atoms with Crippen LogP contribution in [0.15, 0.2) is 109 Å². The van der Waals surface area contributed by atoms with Gasteiger partial charge in [0, 0.05) is 11.4 Å². The predicted molar refractivity (Wildman–Crippen MR) is 139 cm³/mol. The lowest BCUT2D eigenvalue weighted by atomic mass is 9.95. The van der Waals surface area contributed by atoms with Gasteiger partial charge in [-0.2, -0.15) is 0 Å². The lowest BCUT2D eigenvalue weighted by Gasteiger charge is -2.10. The maximum atomic E-state index is 3.45. The molecular formula is C31H29N. The number of benzene rings is 4. The van der Waals surface area contributed by atoms with E-state index < -0.39 is 0 Å². The van der Waals surface area contributed by atoms with E-state index in [9.17, 15) is 0 Å². The van der Waals surface area contributed by atoms with Crippen LogP contribution in [0, 0.1) is 20.8 Å². The topological polar surface area (TPSA) is 12.0 Å². The van der Waals surface area contributed by atoms with E-state index in [1.807, 2.05) is 0 Å². The van der Waals surface area contributed by atoms with Gasteiger partial charge in [0.05, 0.1) is 0 Å². The number of allylic oxidation sites excluding steroid dienone is 2. The van der Waals surface area contributed by atoms with Gasteiger partial charge >= 0.3 is 0 Å². The first-order chi connectivity index (χ1) is 15.6. The van der Waals surface area contributed by atoms with Crippen molar-refractivity contribution in [2.24, 2.45) is 0 Å². The maximum absolute atomic E-state index is 3.45. The minimum Gasteiger partial charge on any atom is -0.356 e. The third-order valence-corrected chi connectivity index (χ3v) is 5.46. The molecule has 0 aromatic heterocycles. The van der Waals surface area contributed by atoms with Gasteiger partial charge in [0.1, 0.15) is 0 Å². The molecule has 4 aromatic carbocycles. The average molecular weight is 416 g/mol. The molecule has 0 aliphatic heterocycles. The molecule has 0 unspecified atom stereocenters. The fourth-order valence-electron chi connectivity index (χ4n) is 3.72. The number of hydrogen-bond donors (Lipinski definition) is 1. The van der Waals surface area contributed by atoms with Crippen LogP contribution in [-0.4, -0.2) is 0 Å². The van der Waals surface area contributed by atoms with Crippen molar-refractivity contribution in [3.63, 3.8) is 0 Å². The number of nitrogens with one attached hydrogen (secondary N) is 1. The van der Waals surface area contributed by atoms with Crippen molar-refractivity contribution in [2.75, 3.05) is 5.32 Å². The standard InChI is InChI=1S/C31H29N/c1-23-13-17-29(18-14-23)32-30-19-15-26(16-20-30)9-6-12-31(27-10-4-7-24(2)21-27)28-11-5-8-25(3)22-28/h4-22,32H,1-3H3. The Labute approximate surface area is 191 Å². The average Bonchev–Trinajstić information content (AvgIpc) is 2.79. The summed E-state index contributed by atoms with van der Waals surface area (Å²) in [7, 11) is 0. The highest BCUT2D eigenvalue weighted by molar-refractivity contribution is 5.82. The molecular weight excluding hydrogens is 386 g/mol. The molecule has 1 nitrogen and oxygen atoms in total. The Morgan fingerprint density at radius 2 is 1.12 bits per heavy atom. The van der Waals surface area contributed by atoms with E-state index in [0.717, 1.165) is 11.4 Å². The van der Waals surface area contributed by atoms with E-state index in [1.165, 1.54) is 39.0 Å². The number of aryl methyl sites for hydroxylation is 3. The van der Waals surface area contributed by atoms with Crippen LogP contribution in [0.1, 0.15) is 33.4 Å². The normalized spacial score (nSPS) is 10.8. The van der Waals surface area contributed by atoms with Crippen molar-refractivity contribution in [2.45, 2.75) is 20.8 Å². The molecule has 0 amide bonds. The summed E-state index contributed by atoms with van der Waals surface area (Å²) in [4.78, 5) is 0. The monoisotopic (exact) mass is 415 g/mol. The van der Waals surface area contributed by atoms with Crippen LogP contribution in [0.2, 0.25) is 0 Å². The zero-order valence-electron chi connectivity index (χ0n) is 19.0. The minimum absolute atomic E-state index is 1.08. The molecule has 0 aliphatic rings. The van der Waals surface area contributed by atoms with Crippen LogP contribution in [0.3, 0.4) is 0 Å². The summed E-state index contributed by atoms with van der Waals surface area (Å²) >= 11 is 0. The molecule has 0 radical (unpaired) electrons. The Morgan fingerprint density at radius 3 is 1.66 bits per heavy atom. The minimum atomic E-state index is 1.08. The van der Waals surface area contributed by atoms with Gasteiger partial charge in [-0.3, -0.25) is 0 Å². The molecule has 0 saturated carbocycles. The Bertz CT molecular complexity index is 1190. The summed E-state index contributed by atoms with van der Waals surface area (Å²) in [5.41, 5.74) is 10.8. The molecule has 4 aromatic rings. The highest BCUT2D eigenvalue weighted by Crippen LogP contribution is 2.25. The number of hydrogen-bond acceptors (Lipinski definition) is 1. The van der Waals surface area contributed by atoms with Crippen LogP contribution in [-0.2, 0) is 0 Å². The van der Waals surface area contributed by atoms with E-state index in [1.54, 1.807) is 0 Å². The van der Waals surface area contributed by atoms with Crippen molar-refractivity contribution in [1.82, 2.24) is 0 Å². The second-order valence-corrected chi connectivity index (χ2v) is 8.29. The zero-order valence-corrected chi connectivity index (χ0v) is 19.0. The second-order valence-electron chi connectivity index (χ2n) is 8.29. The van der Waals surface area contributed by atoms with Crippen LogP contribution < -0.4 is 5.32 Å². The Morgan fingerprint density at radius 1 is 0.594 bits per heavy atom. The van der Waals surface area contributed by atoms with E-state index in [2.05, 4.69) is 141 Å². The first kappa shape index (κ1) is 21.4. The fourth-order valence-corrected chi connectivity index (χ4v) is 3.72. The van der Waals surface area contributed by atoms with Gasteiger partial charge in [-0.15, -0.1) is 0 Å². The highest BCUT2D eigenvalue weighted by Gasteiger charge is 2.05. The number of rotatable bonds is 6. The van der Waals surface area contributed by atoms with Crippen LogP contribution in [0.4, 0.5) is 11.4 Å². The summed E-state index contributed by atoms with van der Waals surface area (Å²) in [5, 5.41) is 3.45. The molecule has 0 aliphatic carbocycles. The number of anilines is 2. The molecule has 0 spiro atoms. The molecule has 0 bridgehead atoms. The molecule has 0 heterocycles. The molecule has 158 valence electrons. The first-order valence-electron chi connectivity index (χ1n) is 11.0. The molecule has 4 rings (SSSR count). The van der Waals surface area contributed by atoms with Crippen molar-refractivity contribution in [3.8, 4) is 0 Å². The Hall–Kier alpha value is -3.84. The van der Waals surface area contributed by atoms with Crippen LogP contribution >= 0.6 is 0 Å². The summed E-state index contributed by atoms with van der Waals surface area (Å²) in [5.74, 6) is 0. The van der Waals surface area contributed by atoms with Gasteiger partial charge in [0.15, 0.2) is 0 Å². The molecule has 0 saturated heterocycles. The third-order valence-electron chi connectivity index (χ3n) is 5.46. The van der Waals surface area contributed by atoms with Gasteiger partial charge in [-0.1, -0.05) is 108 Å². The van der Waals surface area contributed by atoms with Gasteiger partial charge in [0.25, 0.3) is 0 Å². The summed E-state index contributed by atoms with van der Waals surface area (Å²) in [6.07, 6.45) is 6.51. The summed E-state index contributed by atoms with van der Waals surface area (Å²) in [6.45, 7) is 6.38. The van der Waals surface area contributed by atoms with Gasteiger partial charge < -0.3 is 5.32 Å². The summed E-state index contributed by atoms with van der Waals surface area (Å²) < 4.78 is 0. The van der Waals surface area contributed by atoms with E-state index >= 15 is 0 Å². The lowest BCUT2D eigenvalue weighted by molar-refractivity contribution is 1.41. The largest absolute Gasteiger partial charge is 0.356 e. The Kier molecular flexibility index (Phi) is 6.67. The van der Waals surface area contributed by atoms with E-state index in [-0.39, 0.29) is 0 Å². The Balaban J connectivity index is 1.55.